The van der Waals surface area contributed by atoms with Crippen LogP contribution in [0.4, 0.5) is 13.2 Å². The molecule has 5 atom stereocenters. The van der Waals surface area contributed by atoms with Crippen LogP contribution in [0.25, 0.3) is 0 Å². The van der Waals surface area contributed by atoms with E-state index in [1.807, 2.05) is 0 Å². The van der Waals surface area contributed by atoms with Crippen LogP contribution in [0.5, 0.6) is 0 Å². The fourth-order valence-electron chi connectivity index (χ4n) is 4.28. The number of ether oxygens (including phenoxy) is 3. The van der Waals surface area contributed by atoms with E-state index in [1.54, 1.807) is 0 Å². The van der Waals surface area contributed by atoms with Gasteiger partial charge in [-0.1, -0.05) is 12.2 Å². The van der Waals surface area contributed by atoms with E-state index >= 15 is 0 Å². The van der Waals surface area contributed by atoms with Gasteiger partial charge in [-0.15, -0.1) is 0 Å². The summed E-state index contributed by atoms with van der Waals surface area (Å²) >= 11 is 0. The second-order valence-corrected chi connectivity index (χ2v) is 6.94. The van der Waals surface area contributed by atoms with Crippen molar-refractivity contribution in [2.24, 2.45) is 5.92 Å². The molecular formula is C17H19F3N2O7. The van der Waals surface area contributed by atoms with Gasteiger partial charge in [0.1, 0.15) is 5.60 Å². The fraction of sp³-hybridized carbons (Fsp3) is 0.647. The van der Waals surface area contributed by atoms with Crippen molar-refractivity contribution in [3.05, 3.63) is 12.2 Å². The van der Waals surface area contributed by atoms with Crippen molar-refractivity contribution in [3.63, 3.8) is 0 Å². The Balaban J connectivity index is 2.11. The maximum absolute atomic E-state index is 13.2. The highest BCUT2D eigenvalue weighted by Crippen LogP contribution is 2.49. The Kier molecular flexibility index (Phi) is 5.32. The third-order valence-corrected chi connectivity index (χ3v) is 5.43. The molecule has 0 aromatic heterocycles. The Morgan fingerprint density at radius 1 is 1.31 bits per heavy atom. The van der Waals surface area contributed by atoms with E-state index < -0.39 is 66.1 Å². The number of halogens is 3. The van der Waals surface area contributed by atoms with Gasteiger partial charge >= 0.3 is 24.0 Å². The molecule has 0 bridgehead atoms. The van der Waals surface area contributed by atoms with Gasteiger partial charge in [-0.2, -0.15) is 13.2 Å². The minimum Gasteiger partial charge on any atom is -0.469 e. The smallest absolute Gasteiger partial charge is 0.469 e. The lowest BCUT2D eigenvalue weighted by Crippen LogP contribution is -2.55. The van der Waals surface area contributed by atoms with Crippen molar-refractivity contribution < 1.29 is 46.6 Å². The first-order valence-corrected chi connectivity index (χ1v) is 8.74. The van der Waals surface area contributed by atoms with Gasteiger partial charge in [0.2, 0.25) is 5.91 Å². The second-order valence-electron chi connectivity index (χ2n) is 6.94. The van der Waals surface area contributed by atoms with Gasteiger partial charge in [-0.05, 0) is 6.42 Å². The van der Waals surface area contributed by atoms with E-state index in [2.05, 4.69) is 14.8 Å². The highest BCUT2D eigenvalue weighted by molar-refractivity contribution is 5.95. The lowest BCUT2D eigenvalue weighted by molar-refractivity contribution is -0.189. The van der Waals surface area contributed by atoms with E-state index in [9.17, 15) is 32.3 Å². The zero-order valence-electron chi connectivity index (χ0n) is 15.5. The Hall–Kier alpha value is -2.63. The fourth-order valence-corrected chi connectivity index (χ4v) is 4.28. The Labute approximate surface area is 163 Å². The molecule has 160 valence electrons. The number of fused-ring (bicyclic) bond motifs is 3. The molecule has 9 nitrogen and oxygen atoms in total. The van der Waals surface area contributed by atoms with Crippen molar-refractivity contribution >= 4 is 23.8 Å². The average molecular weight is 420 g/mol. The van der Waals surface area contributed by atoms with Crippen LogP contribution in [0.3, 0.4) is 0 Å². The van der Waals surface area contributed by atoms with Crippen LogP contribution in [0.2, 0.25) is 0 Å². The molecule has 1 N–H and O–H groups in total. The highest BCUT2D eigenvalue weighted by atomic mass is 19.4. The summed E-state index contributed by atoms with van der Waals surface area (Å²) in [6.45, 7) is -0.305. The van der Waals surface area contributed by atoms with Gasteiger partial charge in [0.05, 0.1) is 38.7 Å². The number of nitrogens with one attached hydrogen (secondary N) is 1. The van der Waals surface area contributed by atoms with Crippen molar-refractivity contribution in [1.82, 2.24) is 10.2 Å². The zero-order valence-corrected chi connectivity index (χ0v) is 15.5. The summed E-state index contributed by atoms with van der Waals surface area (Å²) in [4.78, 5) is 49.7. The molecule has 0 aromatic rings. The minimum atomic E-state index is -5.17. The molecule has 2 saturated heterocycles. The molecule has 0 aliphatic carbocycles. The number of methoxy groups -OCH3 is 2. The summed E-state index contributed by atoms with van der Waals surface area (Å²) in [6.07, 6.45) is -3.80. The Bertz CT molecular complexity index is 769. The number of carbonyl (C=O) groups excluding carboxylic acids is 4. The van der Waals surface area contributed by atoms with Crippen LogP contribution in [0, 0.1) is 5.92 Å². The average Bonchev–Trinajstić information content (AvgIpc) is 3.02. The number of carbonyl (C=O) groups is 4. The number of rotatable bonds is 3. The highest BCUT2D eigenvalue weighted by Gasteiger charge is 2.70. The standard InChI is InChI=1S/C17H19F3N2O7/c1-27-9(23)7-16-10(13(24)21-12(16)14(25)28-2)11-8(29-16)5-3-4-6-22(11)15(26)17(18,19)20/h3,5,8,10-12H,4,6-7H2,1-2H3,(H,21,24)/t8-,10+,11+,12-,16+/m1/s1. The number of alkyl halides is 3. The van der Waals surface area contributed by atoms with Gasteiger partial charge in [0.25, 0.3) is 0 Å². The molecule has 12 heteroatoms. The molecule has 3 aliphatic rings. The maximum Gasteiger partial charge on any atom is 0.471 e. The summed E-state index contributed by atoms with van der Waals surface area (Å²) < 4.78 is 54.7. The van der Waals surface area contributed by atoms with Crippen molar-refractivity contribution in [2.75, 3.05) is 20.8 Å². The first kappa shape index (κ1) is 21.1. The van der Waals surface area contributed by atoms with E-state index in [0.29, 0.717) is 4.90 Å². The number of amides is 2. The molecular weight excluding hydrogens is 401 g/mol. The summed E-state index contributed by atoms with van der Waals surface area (Å²) in [7, 11) is 2.14. The van der Waals surface area contributed by atoms with Crippen LogP contribution in [-0.4, -0.2) is 79.4 Å². The zero-order chi connectivity index (χ0) is 21.6. The third kappa shape index (κ3) is 3.34. The van der Waals surface area contributed by atoms with Gasteiger partial charge in [0.15, 0.2) is 6.04 Å². The summed E-state index contributed by atoms with van der Waals surface area (Å²) in [5.41, 5.74) is -1.86. The Morgan fingerprint density at radius 2 is 2.00 bits per heavy atom. The van der Waals surface area contributed by atoms with E-state index in [-0.39, 0.29) is 13.0 Å². The van der Waals surface area contributed by atoms with Crippen molar-refractivity contribution in [1.29, 1.82) is 0 Å². The third-order valence-electron chi connectivity index (χ3n) is 5.43. The van der Waals surface area contributed by atoms with E-state index in [0.717, 1.165) is 14.2 Å². The predicted octanol–water partition coefficient (Wildman–Crippen LogP) is -0.306. The Morgan fingerprint density at radius 3 is 2.59 bits per heavy atom. The quantitative estimate of drug-likeness (QED) is 0.493. The summed E-state index contributed by atoms with van der Waals surface area (Å²) in [6, 6.07) is -2.81. The number of nitrogens with zero attached hydrogens (tertiary/aromatic N) is 1. The van der Waals surface area contributed by atoms with Gasteiger partial charge in [0, 0.05) is 6.54 Å². The molecule has 0 aromatic carbocycles. The molecule has 3 rings (SSSR count). The molecule has 0 saturated carbocycles. The van der Waals surface area contributed by atoms with Crippen LogP contribution in [0.15, 0.2) is 12.2 Å². The lowest BCUT2D eigenvalue weighted by Gasteiger charge is -2.33. The van der Waals surface area contributed by atoms with Crippen molar-refractivity contribution in [3.8, 4) is 0 Å². The monoisotopic (exact) mass is 420 g/mol. The first-order valence-electron chi connectivity index (χ1n) is 8.74. The molecule has 0 unspecified atom stereocenters. The largest absolute Gasteiger partial charge is 0.471 e. The number of esters is 2. The topological polar surface area (TPSA) is 111 Å². The van der Waals surface area contributed by atoms with Crippen LogP contribution in [-0.2, 0) is 33.4 Å². The molecule has 3 heterocycles. The molecule has 3 aliphatic heterocycles. The van der Waals surface area contributed by atoms with Crippen LogP contribution in [0.1, 0.15) is 12.8 Å². The van der Waals surface area contributed by atoms with Crippen LogP contribution >= 0.6 is 0 Å². The summed E-state index contributed by atoms with van der Waals surface area (Å²) in [5.74, 6) is -6.12. The molecule has 0 radical (unpaired) electrons. The van der Waals surface area contributed by atoms with Gasteiger partial charge in [-0.25, -0.2) is 4.79 Å². The van der Waals surface area contributed by atoms with E-state index in [4.69, 9.17) is 4.74 Å². The van der Waals surface area contributed by atoms with Crippen LogP contribution < -0.4 is 5.32 Å². The first-order chi connectivity index (χ1) is 13.6. The number of hydrogen-bond donors (Lipinski definition) is 1. The molecule has 0 spiro atoms. The molecule has 2 fully saturated rings. The minimum absolute atomic E-state index is 0.122. The molecule has 29 heavy (non-hydrogen) atoms. The van der Waals surface area contributed by atoms with Gasteiger partial charge < -0.3 is 24.4 Å². The SMILES string of the molecule is COC(=O)C[C@]12O[C@@H]3C=CCCN(C(=O)C(F)(F)F)[C@@H]3[C@H]1C(=O)N[C@@H]2C(=O)OC. The van der Waals surface area contributed by atoms with Gasteiger partial charge in [-0.3, -0.25) is 14.4 Å². The predicted molar refractivity (Wildman–Crippen MR) is 87.0 cm³/mol. The van der Waals surface area contributed by atoms with E-state index in [1.165, 1.54) is 12.2 Å². The van der Waals surface area contributed by atoms with Crippen molar-refractivity contribution in [2.45, 2.75) is 42.8 Å². The maximum atomic E-state index is 13.2. The normalized spacial score (nSPS) is 33.4. The second kappa shape index (κ2) is 7.32. The molecule has 2 amide bonds. The lowest BCUT2D eigenvalue weighted by atomic mass is 9.79. The number of hydrogen-bond acceptors (Lipinski definition) is 7. The summed E-state index contributed by atoms with van der Waals surface area (Å²) in [5, 5.41) is 2.34.